The van der Waals surface area contributed by atoms with Gasteiger partial charge in [0.25, 0.3) is 0 Å². The zero-order chi connectivity index (χ0) is 20.8. The second-order valence-corrected chi connectivity index (χ2v) is 7.42. The third kappa shape index (κ3) is 3.75. The van der Waals surface area contributed by atoms with Crippen molar-refractivity contribution in [1.29, 1.82) is 0 Å². The summed E-state index contributed by atoms with van der Waals surface area (Å²) >= 11 is 0. The first kappa shape index (κ1) is 22.2. The van der Waals surface area contributed by atoms with Crippen molar-refractivity contribution in [3.8, 4) is 0 Å². The maximum atomic E-state index is 5.62. The molecule has 0 amide bonds. The van der Waals surface area contributed by atoms with Gasteiger partial charge >= 0.3 is 0 Å². The lowest BCUT2D eigenvalue weighted by Gasteiger charge is -2.26. The van der Waals surface area contributed by atoms with Crippen LogP contribution in [0.25, 0.3) is 16.3 Å². The van der Waals surface area contributed by atoms with Gasteiger partial charge < -0.3 is 0 Å². The Hall–Kier alpha value is -2.08. The number of allylic oxidation sites excluding steroid dienone is 4. The molecule has 0 aliphatic carbocycles. The lowest BCUT2D eigenvalue weighted by Crippen LogP contribution is -2.09. The van der Waals surface area contributed by atoms with Gasteiger partial charge in [0.1, 0.15) is 0 Å². The van der Waals surface area contributed by atoms with E-state index in [0.29, 0.717) is 0 Å². The molecular formula is C28H37. The van der Waals surface area contributed by atoms with Crippen LogP contribution in [0.5, 0.6) is 0 Å². The number of benzene rings is 2. The maximum absolute atomic E-state index is 5.62. The highest BCUT2D eigenvalue weighted by atomic mass is 14.3. The minimum atomic E-state index is 1.03. The van der Waals surface area contributed by atoms with Crippen molar-refractivity contribution in [2.45, 2.75) is 80.1 Å². The van der Waals surface area contributed by atoms with Crippen molar-refractivity contribution < 1.29 is 0 Å². The van der Waals surface area contributed by atoms with Crippen LogP contribution < -0.4 is 0 Å². The van der Waals surface area contributed by atoms with E-state index in [4.69, 9.17) is 6.58 Å². The van der Waals surface area contributed by atoms with Crippen molar-refractivity contribution in [3.05, 3.63) is 76.4 Å². The van der Waals surface area contributed by atoms with Gasteiger partial charge in [-0.05, 0) is 93.8 Å². The predicted octanol–water partition coefficient (Wildman–Crippen LogP) is 7.77. The van der Waals surface area contributed by atoms with Crippen LogP contribution in [0.1, 0.15) is 80.5 Å². The normalized spacial score (nSPS) is 11.5. The molecule has 0 saturated carbocycles. The first-order valence-corrected chi connectivity index (χ1v) is 11.1. The largest absolute Gasteiger partial charge is 0.0911 e. The van der Waals surface area contributed by atoms with Crippen molar-refractivity contribution >= 4 is 16.3 Å². The third-order valence-electron chi connectivity index (χ3n) is 6.12. The second-order valence-electron chi connectivity index (χ2n) is 7.42. The third-order valence-corrected chi connectivity index (χ3v) is 6.12. The summed E-state index contributed by atoms with van der Waals surface area (Å²) in [7, 11) is 0. The van der Waals surface area contributed by atoms with Gasteiger partial charge in [0.2, 0.25) is 0 Å². The smallest absolute Gasteiger partial charge is 0.00762 e. The van der Waals surface area contributed by atoms with Crippen molar-refractivity contribution in [3.63, 3.8) is 0 Å². The molecule has 1 radical (unpaired) electrons. The SMILES string of the molecule is [CH]=CC=CC(=C)c1c(CC)c(CC)c(CC)c2c(CC)c(CC)c(CC)cc12. The highest BCUT2D eigenvalue weighted by molar-refractivity contribution is 6.02. The average Bonchev–Trinajstić information content (AvgIpc) is 2.73. The minimum absolute atomic E-state index is 1.03. The highest BCUT2D eigenvalue weighted by Gasteiger charge is 2.21. The van der Waals surface area contributed by atoms with Crippen LogP contribution in [0.4, 0.5) is 0 Å². The van der Waals surface area contributed by atoms with Crippen molar-refractivity contribution in [1.82, 2.24) is 0 Å². The monoisotopic (exact) mass is 373 g/mol. The van der Waals surface area contributed by atoms with Gasteiger partial charge in [0, 0.05) is 0 Å². The maximum Gasteiger partial charge on any atom is -0.00762 e. The van der Waals surface area contributed by atoms with E-state index in [1.54, 1.807) is 22.8 Å². The predicted molar refractivity (Wildman–Crippen MR) is 127 cm³/mol. The van der Waals surface area contributed by atoms with E-state index in [0.717, 1.165) is 44.1 Å². The van der Waals surface area contributed by atoms with Crippen LogP contribution in [0.3, 0.4) is 0 Å². The van der Waals surface area contributed by atoms with Gasteiger partial charge in [0.15, 0.2) is 0 Å². The number of hydrogen-bond acceptors (Lipinski definition) is 0. The summed E-state index contributed by atoms with van der Waals surface area (Å²) in [5, 5.41) is 2.89. The molecule has 2 aromatic carbocycles. The van der Waals surface area contributed by atoms with Gasteiger partial charge in [-0.25, -0.2) is 0 Å². The van der Waals surface area contributed by atoms with Gasteiger partial charge in [-0.2, -0.15) is 0 Å². The number of aryl methyl sites for hydroxylation is 3. The number of hydrogen-bond donors (Lipinski definition) is 0. The molecule has 0 heteroatoms. The van der Waals surface area contributed by atoms with Gasteiger partial charge in [0.05, 0.1) is 0 Å². The first-order valence-electron chi connectivity index (χ1n) is 11.1. The molecule has 0 spiro atoms. The van der Waals surface area contributed by atoms with Crippen LogP contribution in [0.2, 0.25) is 0 Å². The molecule has 0 aromatic heterocycles. The van der Waals surface area contributed by atoms with Crippen LogP contribution >= 0.6 is 0 Å². The van der Waals surface area contributed by atoms with E-state index >= 15 is 0 Å². The molecule has 0 nitrogen and oxygen atoms in total. The van der Waals surface area contributed by atoms with E-state index in [1.165, 1.54) is 33.0 Å². The minimum Gasteiger partial charge on any atom is -0.0911 e. The van der Waals surface area contributed by atoms with Gasteiger partial charge in [-0.15, -0.1) is 0 Å². The second kappa shape index (κ2) is 9.92. The Bertz CT molecular complexity index is 896. The first-order chi connectivity index (χ1) is 13.5. The summed E-state index contributed by atoms with van der Waals surface area (Å²) in [6.07, 6.45) is 12.0. The van der Waals surface area contributed by atoms with E-state index in [-0.39, 0.29) is 0 Å². The summed E-state index contributed by atoms with van der Waals surface area (Å²) in [6.45, 7) is 23.8. The molecule has 0 fully saturated rings. The molecule has 2 aromatic rings. The van der Waals surface area contributed by atoms with Gasteiger partial charge in [-0.1, -0.05) is 79.0 Å². The van der Waals surface area contributed by atoms with Crippen LogP contribution in [0, 0.1) is 6.58 Å². The Balaban J connectivity index is 3.19. The van der Waals surface area contributed by atoms with Crippen LogP contribution in [-0.2, 0) is 38.5 Å². The van der Waals surface area contributed by atoms with Gasteiger partial charge in [-0.3, -0.25) is 0 Å². The Kier molecular flexibility index (Phi) is 7.87. The van der Waals surface area contributed by atoms with Crippen molar-refractivity contribution in [2.75, 3.05) is 0 Å². The summed E-state index contributed by atoms with van der Waals surface area (Å²) in [5.41, 5.74) is 11.5. The Labute approximate surface area is 173 Å². The van der Waals surface area contributed by atoms with E-state index in [2.05, 4.69) is 60.3 Å². The molecule has 0 unspecified atom stereocenters. The number of rotatable bonds is 9. The van der Waals surface area contributed by atoms with E-state index in [1.807, 2.05) is 6.08 Å². The molecule has 0 heterocycles. The quantitative estimate of drug-likeness (QED) is 0.394. The van der Waals surface area contributed by atoms with E-state index in [9.17, 15) is 0 Å². The standard InChI is InChI=1S/C28H37/c1-9-16-17-19(8)27-24(14-6)22(12-4)25(15-7)28-23(13-5)21(11-3)20(10-2)18-26(27)28/h1,9,16-18H,8,10-15H2,2-7H3. The van der Waals surface area contributed by atoms with Crippen LogP contribution in [-0.4, -0.2) is 0 Å². The fourth-order valence-electron chi connectivity index (χ4n) is 5.00. The zero-order valence-electron chi connectivity index (χ0n) is 18.8. The molecule has 0 aliphatic rings. The van der Waals surface area contributed by atoms with E-state index < -0.39 is 0 Å². The molecule has 0 saturated heterocycles. The van der Waals surface area contributed by atoms with Crippen LogP contribution in [0.15, 0.2) is 30.9 Å². The molecule has 0 aliphatic heterocycles. The number of fused-ring (bicyclic) bond motifs is 1. The molecule has 149 valence electrons. The lowest BCUT2D eigenvalue weighted by atomic mass is 9.79. The fourth-order valence-corrected chi connectivity index (χ4v) is 5.00. The topological polar surface area (TPSA) is 0 Å². The summed E-state index contributed by atoms with van der Waals surface area (Å²) in [6, 6.07) is 2.46. The highest BCUT2D eigenvalue weighted by Crippen LogP contribution is 2.40. The Morgan fingerprint density at radius 3 is 1.79 bits per heavy atom. The Morgan fingerprint density at radius 1 is 0.786 bits per heavy atom. The molecule has 0 atom stereocenters. The Morgan fingerprint density at radius 2 is 1.32 bits per heavy atom. The molecule has 2 rings (SSSR count). The molecule has 28 heavy (non-hydrogen) atoms. The summed E-state index contributed by atoms with van der Waals surface area (Å²) < 4.78 is 0. The molecular weight excluding hydrogens is 336 g/mol. The molecule has 0 N–H and O–H groups in total. The average molecular weight is 374 g/mol. The fraction of sp³-hybridized carbons (Fsp3) is 0.429. The van der Waals surface area contributed by atoms with Crippen molar-refractivity contribution in [2.24, 2.45) is 0 Å². The lowest BCUT2D eigenvalue weighted by molar-refractivity contribution is 0.967. The zero-order valence-corrected chi connectivity index (χ0v) is 18.8. The summed E-state index contributed by atoms with van der Waals surface area (Å²) in [5.74, 6) is 0. The molecule has 0 bridgehead atoms. The summed E-state index contributed by atoms with van der Waals surface area (Å²) in [4.78, 5) is 0.